The van der Waals surface area contributed by atoms with E-state index in [9.17, 15) is 32.1 Å². The van der Waals surface area contributed by atoms with Crippen LogP contribution in [0, 0.1) is 34.6 Å². The van der Waals surface area contributed by atoms with Gasteiger partial charge in [-0.25, -0.2) is 17.2 Å². The molecule has 2 aromatic rings. The Labute approximate surface area is 171 Å². The van der Waals surface area contributed by atoms with Crippen molar-refractivity contribution < 1.29 is 26.9 Å². The number of piperidine rings is 1. The molecule has 1 amide bonds. The molecule has 1 aliphatic heterocycles. The van der Waals surface area contributed by atoms with Crippen LogP contribution in [0.1, 0.15) is 18.4 Å². The monoisotopic (exact) mass is 439 g/mol. The lowest BCUT2D eigenvalue weighted by atomic mass is 9.97. The minimum absolute atomic E-state index is 0.0352. The number of hydrogen-bond donors (Lipinski definition) is 1. The van der Waals surface area contributed by atoms with E-state index < -0.39 is 32.5 Å². The molecule has 0 aromatic heterocycles. The van der Waals surface area contributed by atoms with E-state index in [4.69, 9.17) is 0 Å². The molecule has 0 aliphatic carbocycles. The Bertz CT molecular complexity index is 1100. The molecule has 0 saturated carbocycles. The van der Waals surface area contributed by atoms with E-state index in [1.165, 1.54) is 12.1 Å². The lowest BCUT2D eigenvalue weighted by molar-refractivity contribution is -0.385. The van der Waals surface area contributed by atoms with Gasteiger partial charge >= 0.3 is 0 Å². The minimum Gasteiger partial charge on any atom is -0.326 e. The molecule has 160 valence electrons. The molecule has 11 heteroatoms. The van der Waals surface area contributed by atoms with Crippen LogP contribution < -0.4 is 5.32 Å². The second-order valence-corrected chi connectivity index (χ2v) is 8.94. The van der Waals surface area contributed by atoms with Crippen LogP contribution in [0.3, 0.4) is 0 Å². The second-order valence-electron chi connectivity index (χ2n) is 7.00. The number of sulfonamides is 1. The Kier molecular flexibility index (Phi) is 6.13. The number of rotatable bonds is 5. The molecular formula is C19H19F2N3O5S. The molecule has 30 heavy (non-hydrogen) atoms. The van der Waals surface area contributed by atoms with Crippen LogP contribution in [-0.4, -0.2) is 36.6 Å². The molecule has 1 aliphatic rings. The predicted octanol–water partition coefficient (Wildman–Crippen LogP) is 3.22. The molecule has 3 rings (SSSR count). The van der Waals surface area contributed by atoms with Gasteiger partial charge in [0.25, 0.3) is 5.69 Å². The number of carbonyl (C=O) groups excluding carboxylic acids is 1. The van der Waals surface area contributed by atoms with Crippen LogP contribution in [0.2, 0.25) is 0 Å². The summed E-state index contributed by atoms with van der Waals surface area (Å²) in [5.74, 6) is -3.24. The average Bonchev–Trinajstić information content (AvgIpc) is 2.71. The first-order valence-corrected chi connectivity index (χ1v) is 10.5. The topological polar surface area (TPSA) is 110 Å². The van der Waals surface area contributed by atoms with E-state index in [1.807, 2.05) is 0 Å². The maximum atomic E-state index is 13.4. The molecule has 0 bridgehead atoms. The number of nitro groups is 1. The normalized spacial score (nSPS) is 15.7. The molecule has 0 unspecified atom stereocenters. The zero-order valence-corrected chi connectivity index (χ0v) is 16.8. The molecule has 1 N–H and O–H groups in total. The molecule has 1 saturated heterocycles. The second kappa shape index (κ2) is 8.44. The van der Waals surface area contributed by atoms with Gasteiger partial charge in [-0.05, 0) is 44.0 Å². The summed E-state index contributed by atoms with van der Waals surface area (Å²) in [6.07, 6.45) is 0.450. The molecule has 2 aromatic carbocycles. The summed E-state index contributed by atoms with van der Waals surface area (Å²) in [5.41, 5.74) is 0.642. The standard InChI is InChI=1S/C19H19F2N3O5S/c1-12-2-3-14(10-18(12)24(26)27)22-19(25)13-6-8-23(9-7-13)30(28,29)15-4-5-16(20)17(21)11-15/h2-5,10-11,13H,6-9H2,1H3,(H,22,25). The Balaban J connectivity index is 1.65. The zero-order chi connectivity index (χ0) is 22.1. The van der Waals surface area contributed by atoms with Crippen molar-refractivity contribution >= 4 is 27.3 Å². The van der Waals surface area contributed by atoms with Crippen molar-refractivity contribution in [3.63, 3.8) is 0 Å². The lowest BCUT2D eigenvalue weighted by Crippen LogP contribution is -2.41. The molecule has 1 heterocycles. The van der Waals surface area contributed by atoms with Gasteiger partial charge in [-0.15, -0.1) is 0 Å². The van der Waals surface area contributed by atoms with E-state index in [0.717, 1.165) is 16.4 Å². The Morgan fingerprint density at radius 2 is 1.80 bits per heavy atom. The summed E-state index contributed by atoms with van der Waals surface area (Å²) in [5, 5.41) is 13.7. The van der Waals surface area contributed by atoms with Gasteiger partial charge < -0.3 is 5.32 Å². The summed E-state index contributed by atoms with van der Waals surface area (Å²) in [7, 11) is -4.01. The van der Waals surface area contributed by atoms with Crippen molar-refractivity contribution in [2.24, 2.45) is 5.92 Å². The van der Waals surface area contributed by atoms with Gasteiger partial charge in [-0.1, -0.05) is 6.07 Å². The fourth-order valence-corrected chi connectivity index (χ4v) is 4.75. The fraction of sp³-hybridized carbons (Fsp3) is 0.316. The van der Waals surface area contributed by atoms with E-state index in [1.54, 1.807) is 13.0 Å². The molecule has 0 atom stereocenters. The largest absolute Gasteiger partial charge is 0.326 e. The van der Waals surface area contributed by atoms with Gasteiger partial charge in [-0.2, -0.15) is 4.31 Å². The van der Waals surface area contributed by atoms with Crippen LogP contribution in [0.15, 0.2) is 41.3 Å². The third-order valence-electron chi connectivity index (χ3n) is 5.03. The number of nitro benzene ring substituents is 1. The summed E-state index contributed by atoms with van der Waals surface area (Å²) in [4.78, 5) is 22.7. The third-order valence-corrected chi connectivity index (χ3v) is 6.92. The highest BCUT2D eigenvalue weighted by Crippen LogP contribution is 2.27. The summed E-state index contributed by atoms with van der Waals surface area (Å²) in [6, 6.07) is 6.75. The van der Waals surface area contributed by atoms with E-state index in [2.05, 4.69) is 5.32 Å². The van der Waals surface area contributed by atoms with Gasteiger partial charge in [0.2, 0.25) is 15.9 Å². The van der Waals surface area contributed by atoms with Crippen molar-refractivity contribution in [3.8, 4) is 0 Å². The van der Waals surface area contributed by atoms with Crippen molar-refractivity contribution in [2.75, 3.05) is 18.4 Å². The van der Waals surface area contributed by atoms with E-state index in [-0.39, 0.29) is 48.1 Å². The first-order valence-electron chi connectivity index (χ1n) is 9.10. The summed E-state index contributed by atoms with van der Waals surface area (Å²) >= 11 is 0. The van der Waals surface area contributed by atoms with Crippen LogP contribution in [0.5, 0.6) is 0 Å². The molecule has 8 nitrogen and oxygen atoms in total. The van der Waals surface area contributed by atoms with Gasteiger partial charge in [0.15, 0.2) is 11.6 Å². The zero-order valence-electron chi connectivity index (χ0n) is 16.0. The number of aryl methyl sites for hydroxylation is 1. The Morgan fingerprint density at radius 3 is 2.40 bits per heavy atom. The molecule has 0 radical (unpaired) electrons. The van der Waals surface area contributed by atoms with Crippen molar-refractivity contribution in [2.45, 2.75) is 24.7 Å². The van der Waals surface area contributed by atoms with Gasteiger partial charge in [-0.3, -0.25) is 14.9 Å². The van der Waals surface area contributed by atoms with Crippen LogP contribution in [0.25, 0.3) is 0 Å². The molecular weight excluding hydrogens is 420 g/mol. The maximum absolute atomic E-state index is 13.4. The predicted molar refractivity (Wildman–Crippen MR) is 104 cm³/mol. The van der Waals surface area contributed by atoms with E-state index in [0.29, 0.717) is 11.6 Å². The number of benzene rings is 2. The highest BCUT2D eigenvalue weighted by Gasteiger charge is 2.32. The smallest absolute Gasteiger partial charge is 0.274 e. The number of halogens is 2. The quantitative estimate of drug-likeness (QED) is 0.568. The van der Waals surface area contributed by atoms with Crippen molar-refractivity contribution in [1.82, 2.24) is 4.31 Å². The first-order chi connectivity index (χ1) is 14.1. The first kappa shape index (κ1) is 21.8. The third kappa shape index (κ3) is 4.46. The van der Waals surface area contributed by atoms with E-state index >= 15 is 0 Å². The number of amides is 1. The molecule has 0 spiro atoms. The lowest BCUT2D eigenvalue weighted by Gasteiger charge is -2.30. The van der Waals surface area contributed by atoms with Crippen LogP contribution in [0.4, 0.5) is 20.2 Å². The average molecular weight is 439 g/mol. The number of anilines is 1. The maximum Gasteiger partial charge on any atom is 0.274 e. The number of nitrogens with zero attached hydrogens (tertiary/aromatic N) is 2. The number of hydrogen-bond acceptors (Lipinski definition) is 5. The number of nitrogens with one attached hydrogen (secondary N) is 1. The Morgan fingerprint density at radius 1 is 1.13 bits per heavy atom. The van der Waals surface area contributed by atoms with Crippen LogP contribution >= 0.6 is 0 Å². The Hall–Kier alpha value is -2.92. The SMILES string of the molecule is Cc1ccc(NC(=O)C2CCN(S(=O)(=O)c3ccc(F)c(F)c3)CC2)cc1[N+](=O)[O-]. The summed E-state index contributed by atoms with van der Waals surface area (Å²) < 4.78 is 52.8. The van der Waals surface area contributed by atoms with Crippen molar-refractivity contribution in [3.05, 3.63) is 63.7 Å². The van der Waals surface area contributed by atoms with Gasteiger partial charge in [0.1, 0.15) is 0 Å². The summed E-state index contributed by atoms with van der Waals surface area (Å²) in [6.45, 7) is 1.66. The minimum atomic E-state index is -4.01. The van der Waals surface area contributed by atoms with Crippen molar-refractivity contribution in [1.29, 1.82) is 0 Å². The van der Waals surface area contributed by atoms with Gasteiger partial charge in [0, 0.05) is 36.3 Å². The van der Waals surface area contributed by atoms with Gasteiger partial charge in [0.05, 0.1) is 9.82 Å². The molecule has 1 fully saturated rings. The number of carbonyl (C=O) groups is 1. The van der Waals surface area contributed by atoms with Crippen LogP contribution in [-0.2, 0) is 14.8 Å². The fourth-order valence-electron chi connectivity index (χ4n) is 3.27. The highest BCUT2D eigenvalue weighted by atomic mass is 32.2. The highest BCUT2D eigenvalue weighted by molar-refractivity contribution is 7.89.